The van der Waals surface area contributed by atoms with E-state index in [0.717, 1.165) is 18.7 Å². The molecule has 2 heterocycles. The van der Waals surface area contributed by atoms with Crippen LogP contribution >= 0.6 is 0 Å². The predicted octanol–water partition coefficient (Wildman–Crippen LogP) is 2.00. The highest BCUT2D eigenvalue weighted by Crippen LogP contribution is 2.29. The van der Waals surface area contributed by atoms with Crippen LogP contribution in [0.1, 0.15) is 31.9 Å². The highest BCUT2D eigenvalue weighted by molar-refractivity contribution is 5.48. The molecule has 2 unspecified atom stereocenters. The lowest BCUT2D eigenvalue weighted by molar-refractivity contribution is -0.385. The molecule has 0 saturated carbocycles. The van der Waals surface area contributed by atoms with Crippen LogP contribution in [0, 0.1) is 17.0 Å². The first-order chi connectivity index (χ1) is 9.04. The van der Waals surface area contributed by atoms with Crippen LogP contribution in [0.25, 0.3) is 0 Å². The second-order valence-electron chi connectivity index (χ2n) is 5.11. The molecule has 1 aliphatic heterocycles. The number of rotatable bonds is 3. The minimum absolute atomic E-state index is 0.0673. The van der Waals surface area contributed by atoms with Gasteiger partial charge < -0.3 is 10.6 Å². The van der Waals surface area contributed by atoms with E-state index in [4.69, 9.17) is 5.73 Å². The summed E-state index contributed by atoms with van der Waals surface area (Å²) in [5.41, 5.74) is 6.35. The number of aromatic nitrogens is 1. The van der Waals surface area contributed by atoms with Crippen molar-refractivity contribution in [1.82, 2.24) is 4.98 Å². The molecule has 0 aromatic carbocycles. The Hall–Kier alpha value is -1.69. The third-order valence-corrected chi connectivity index (χ3v) is 3.80. The van der Waals surface area contributed by atoms with Crippen LogP contribution in [0.4, 0.5) is 11.5 Å². The Morgan fingerprint density at radius 1 is 1.53 bits per heavy atom. The van der Waals surface area contributed by atoms with Crippen molar-refractivity contribution in [2.75, 3.05) is 11.4 Å². The summed E-state index contributed by atoms with van der Waals surface area (Å²) in [5.74, 6) is 0.797. The smallest absolute Gasteiger partial charge is 0.290 e. The lowest BCUT2D eigenvalue weighted by Gasteiger charge is -2.41. The van der Waals surface area contributed by atoms with Crippen molar-refractivity contribution in [3.8, 4) is 0 Å². The number of hydrogen-bond donors (Lipinski definition) is 1. The van der Waals surface area contributed by atoms with Gasteiger partial charge in [-0.2, -0.15) is 0 Å². The van der Waals surface area contributed by atoms with Crippen LogP contribution in [-0.4, -0.2) is 28.5 Å². The van der Waals surface area contributed by atoms with E-state index in [1.165, 1.54) is 12.5 Å². The van der Waals surface area contributed by atoms with Gasteiger partial charge in [0, 0.05) is 24.7 Å². The molecule has 0 spiro atoms. The van der Waals surface area contributed by atoms with Crippen molar-refractivity contribution in [3.63, 3.8) is 0 Å². The van der Waals surface area contributed by atoms with Crippen LogP contribution < -0.4 is 10.6 Å². The topological polar surface area (TPSA) is 85.3 Å². The number of nitrogens with two attached hydrogens (primary N) is 1. The maximum absolute atomic E-state index is 10.8. The maximum Gasteiger partial charge on any atom is 0.290 e. The van der Waals surface area contributed by atoms with Gasteiger partial charge in [0.1, 0.15) is 11.5 Å². The summed E-state index contributed by atoms with van der Waals surface area (Å²) in [6.45, 7) is 4.41. The number of nitro groups is 1. The van der Waals surface area contributed by atoms with Crippen molar-refractivity contribution in [2.24, 2.45) is 5.73 Å². The fourth-order valence-electron chi connectivity index (χ4n) is 2.81. The van der Waals surface area contributed by atoms with Gasteiger partial charge in [0.15, 0.2) is 0 Å². The SMILES string of the molecule is Cc1nc(N2C(C)CCCC2CN)ccc1[N+](=O)[O-]. The van der Waals surface area contributed by atoms with E-state index < -0.39 is 4.92 Å². The van der Waals surface area contributed by atoms with Gasteiger partial charge in [-0.05, 0) is 39.2 Å². The molecular weight excluding hydrogens is 244 g/mol. The zero-order valence-electron chi connectivity index (χ0n) is 11.4. The Kier molecular flexibility index (Phi) is 3.99. The molecule has 0 aliphatic carbocycles. The average molecular weight is 264 g/mol. The summed E-state index contributed by atoms with van der Waals surface area (Å²) in [6, 6.07) is 3.91. The number of piperidine rings is 1. The fourth-order valence-corrected chi connectivity index (χ4v) is 2.81. The molecule has 104 valence electrons. The van der Waals surface area contributed by atoms with Crippen LogP contribution in [-0.2, 0) is 0 Å². The standard InChI is InChI=1S/C13H20N4O2/c1-9-4-3-5-11(8-14)16(9)13-7-6-12(17(18)19)10(2)15-13/h6-7,9,11H,3-5,8,14H2,1-2H3. The largest absolute Gasteiger partial charge is 0.350 e. The molecule has 6 nitrogen and oxygen atoms in total. The van der Waals surface area contributed by atoms with E-state index >= 15 is 0 Å². The first-order valence-electron chi connectivity index (χ1n) is 6.65. The number of anilines is 1. The minimum Gasteiger partial charge on any atom is -0.350 e. The Labute approximate surface area is 112 Å². The van der Waals surface area contributed by atoms with Gasteiger partial charge in [0.2, 0.25) is 0 Å². The summed E-state index contributed by atoms with van der Waals surface area (Å²) in [7, 11) is 0. The van der Waals surface area contributed by atoms with Crippen molar-refractivity contribution in [1.29, 1.82) is 0 Å². The predicted molar refractivity (Wildman–Crippen MR) is 74.3 cm³/mol. The van der Waals surface area contributed by atoms with Gasteiger partial charge in [-0.1, -0.05) is 0 Å². The molecule has 2 rings (SSSR count). The van der Waals surface area contributed by atoms with Crippen LogP contribution in [0.5, 0.6) is 0 Å². The first-order valence-corrected chi connectivity index (χ1v) is 6.65. The van der Waals surface area contributed by atoms with E-state index in [1.807, 2.05) is 0 Å². The van der Waals surface area contributed by atoms with E-state index in [-0.39, 0.29) is 11.7 Å². The monoisotopic (exact) mass is 264 g/mol. The molecule has 1 aliphatic rings. The Balaban J connectivity index is 2.34. The van der Waals surface area contributed by atoms with Crippen LogP contribution in [0.3, 0.4) is 0 Å². The third kappa shape index (κ3) is 2.68. The molecule has 1 fully saturated rings. The molecule has 6 heteroatoms. The summed E-state index contributed by atoms with van der Waals surface area (Å²) >= 11 is 0. The van der Waals surface area contributed by atoms with E-state index in [9.17, 15) is 10.1 Å². The first kappa shape index (κ1) is 13.7. The van der Waals surface area contributed by atoms with Crippen molar-refractivity contribution >= 4 is 11.5 Å². The molecule has 2 atom stereocenters. The third-order valence-electron chi connectivity index (χ3n) is 3.80. The van der Waals surface area contributed by atoms with Gasteiger partial charge in [0.05, 0.1) is 4.92 Å². The molecule has 1 saturated heterocycles. The number of pyridine rings is 1. The quantitative estimate of drug-likeness (QED) is 0.666. The highest BCUT2D eigenvalue weighted by Gasteiger charge is 2.28. The molecule has 0 amide bonds. The molecule has 0 radical (unpaired) electrons. The lowest BCUT2D eigenvalue weighted by Crippen LogP contribution is -2.49. The molecule has 0 bridgehead atoms. The van der Waals surface area contributed by atoms with Crippen LogP contribution in [0.2, 0.25) is 0 Å². The second kappa shape index (κ2) is 5.52. The van der Waals surface area contributed by atoms with Crippen molar-refractivity contribution in [3.05, 3.63) is 27.9 Å². The molecule has 19 heavy (non-hydrogen) atoms. The Morgan fingerprint density at radius 3 is 2.84 bits per heavy atom. The van der Waals surface area contributed by atoms with Crippen molar-refractivity contribution in [2.45, 2.75) is 45.2 Å². The molecule has 2 N–H and O–H groups in total. The van der Waals surface area contributed by atoms with Gasteiger partial charge >= 0.3 is 0 Å². The normalized spacial score (nSPS) is 23.4. The van der Waals surface area contributed by atoms with Gasteiger partial charge in [-0.15, -0.1) is 0 Å². The second-order valence-corrected chi connectivity index (χ2v) is 5.11. The van der Waals surface area contributed by atoms with Gasteiger partial charge in [-0.3, -0.25) is 10.1 Å². The van der Waals surface area contributed by atoms with E-state index in [2.05, 4.69) is 16.8 Å². The van der Waals surface area contributed by atoms with Gasteiger partial charge in [-0.25, -0.2) is 4.98 Å². The average Bonchev–Trinajstić information content (AvgIpc) is 2.37. The summed E-state index contributed by atoms with van der Waals surface area (Å²) in [4.78, 5) is 17.0. The summed E-state index contributed by atoms with van der Waals surface area (Å²) < 4.78 is 0. The summed E-state index contributed by atoms with van der Waals surface area (Å²) in [5, 5.41) is 10.8. The fraction of sp³-hybridized carbons (Fsp3) is 0.615. The van der Waals surface area contributed by atoms with Crippen molar-refractivity contribution < 1.29 is 4.92 Å². The highest BCUT2D eigenvalue weighted by atomic mass is 16.6. The zero-order chi connectivity index (χ0) is 14.0. The zero-order valence-corrected chi connectivity index (χ0v) is 11.4. The lowest BCUT2D eigenvalue weighted by atomic mass is 9.96. The number of aryl methyl sites for hydroxylation is 1. The molecule has 1 aromatic rings. The maximum atomic E-state index is 10.8. The Morgan fingerprint density at radius 2 is 2.26 bits per heavy atom. The van der Waals surface area contributed by atoms with Crippen LogP contribution in [0.15, 0.2) is 12.1 Å². The molecular formula is C13H20N4O2. The number of hydrogen-bond acceptors (Lipinski definition) is 5. The van der Waals surface area contributed by atoms with E-state index in [1.54, 1.807) is 13.0 Å². The molecule has 1 aromatic heterocycles. The Bertz CT molecular complexity index is 478. The van der Waals surface area contributed by atoms with Gasteiger partial charge in [0.25, 0.3) is 5.69 Å². The van der Waals surface area contributed by atoms with E-state index in [0.29, 0.717) is 18.3 Å². The number of nitrogens with zero attached hydrogens (tertiary/aromatic N) is 3. The minimum atomic E-state index is -0.397. The summed E-state index contributed by atoms with van der Waals surface area (Å²) in [6.07, 6.45) is 3.33.